The molecule has 1 atom stereocenters. The van der Waals surface area contributed by atoms with Crippen LogP contribution in [0, 0.1) is 6.92 Å². The molecule has 0 aliphatic rings. The van der Waals surface area contributed by atoms with Gasteiger partial charge in [0.15, 0.2) is 0 Å². The minimum Gasteiger partial charge on any atom is -0.374 e. The summed E-state index contributed by atoms with van der Waals surface area (Å²) in [5, 5.41) is 10.9. The molecule has 0 heterocycles. The first-order valence-electron chi connectivity index (χ1n) is 8.82. The number of imide groups is 1. The van der Waals surface area contributed by atoms with Crippen molar-refractivity contribution in [3.8, 4) is 0 Å². The van der Waals surface area contributed by atoms with E-state index in [9.17, 15) is 14.4 Å². The van der Waals surface area contributed by atoms with E-state index in [1.54, 1.807) is 13.0 Å². The van der Waals surface area contributed by atoms with Crippen molar-refractivity contribution in [3.63, 3.8) is 0 Å². The van der Waals surface area contributed by atoms with E-state index < -0.39 is 23.5 Å². The Kier molecular flexibility index (Phi) is 7.61. The van der Waals surface area contributed by atoms with Crippen LogP contribution in [0.25, 0.3) is 0 Å². The van der Waals surface area contributed by atoms with Crippen LogP contribution < -0.4 is 21.3 Å². The molecule has 26 heavy (non-hydrogen) atoms. The number of anilines is 2. The van der Waals surface area contributed by atoms with Crippen molar-refractivity contribution >= 4 is 29.2 Å². The van der Waals surface area contributed by atoms with Crippen molar-refractivity contribution in [2.45, 2.75) is 66.0 Å². The molecule has 4 amide bonds. The second-order valence-electron chi connectivity index (χ2n) is 7.34. The normalized spacial score (nSPS) is 12.1. The first-order chi connectivity index (χ1) is 12.0. The lowest BCUT2D eigenvalue weighted by molar-refractivity contribution is -0.120. The maximum atomic E-state index is 12.2. The van der Waals surface area contributed by atoms with Crippen molar-refractivity contribution in [1.82, 2.24) is 10.6 Å². The number of rotatable bonds is 6. The molecule has 0 bridgehead atoms. The first-order valence-corrected chi connectivity index (χ1v) is 8.82. The third-order valence-corrected chi connectivity index (χ3v) is 3.58. The van der Waals surface area contributed by atoms with Gasteiger partial charge in [-0.25, -0.2) is 4.79 Å². The van der Waals surface area contributed by atoms with Crippen LogP contribution in [0.1, 0.15) is 53.0 Å². The fourth-order valence-corrected chi connectivity index (χ4v) is 2.26. The van der Waals surface area contributed by atoms with Gasteiger partial charge in [0.05, 0.1) is 0 Å². The summed E-state index contributed by atoms with van der Waals surface area (Å²) in [6.45, 7) is 11.0. The van der Waals surface area contributed by atoms with E-state index >= 15 is 0 Å². The van der Waals surface area contributed by atoms with E-state index in [2.05, 4.69) is 21.3 Å². The Morgan fingerprint density at radius 1 is 1.12 bits per heavy atom. The van der Waals surface area contributed by atoms with Gasteiger partial charge in [0, 0.05) is 23.3 Å². The molecule has 0 saturated heterocycles. The molecule has 0 aromatic heterocycles. The Morgan fingerprint density at radius 3 is 2.31 bits per heavy atom. The third kappa shape index (κ3) is 7.13. The van der Waals surface area contributed by atoms with Crippen LogP contribution in [0.2, 0.25) is 0 Å². The summed E-state index contributed by atoms with van der Waals surface area (Å²) < 4.78 is 0. The van der Waals surface area contributed by atoms with Gasteiger partial charge in [-0.15, -0.1) is 0 Å². The third-order valence-electron chi connectivity index (χ3n) is 3.58. The quantitative estimate of drug-likeness (QED) is 0.624. The molecule has 144 valence electrons. The highest BCUT2D eigenvalue weighted by Gasteiger charge is 2.20. The minimum absolute atomic E-state index is 0.0441. The van der Waals surface area contributed by atoms with Crippen LogP contribution in [-0.2, 0) is 9.59 Å². The fraction of sp³-hybridized carbons (Fsp3) is 0.526. The maximum Gasteiger partial charge on any atom is 0.321 e. The standard InChI is InChI=1S/C19H30N4O3/c1-7-9-16(24)21-15-11-8-10-14(12(15)2)20-13(3)17(25)22-18(26)23-19(4,5)6/h8,10-11,13,20H,7,9H2,1-6H3,(H,21,24)(H2,22,23,25,26)/t13-/m1/s1. The molecule has 7 nitrogen and oxygen atoms in total. The van der Waals surface area contributed by atoms with Crippen molar-refractivity contribution in [2.75, 3.05) is 10.6 Å². The number of benzene rings is 1. The predicted molar refractivity (Wildman–Crippen MR) is 104 cm³/mol. The Hall–Kier alpha value is -2.57. The van der Waals surface area contributed by atoms with Crippen molar-refractivity contribution < 1.29 is 14.4 Å². The van der Waals surface area contributed by atoms with Crippen molar-refractivity contribution in [3.05, 3.63) is 23.8 Å². The molecule has 1 aromatic carbocycles. The Bertz CT molecular complexity index is 665. The molecule has 1 aromatic rings. The number of amides is 4. The summed E-state index contributed by atoms with van der Waals surface area (Å²) in [5.74, 6) is -0.482. The van der Waals surface area contributed by atoms with E-state index in [1.165, 1.54) is 0 Å². The van der Waals surface area contributed by atoms with Crippen LogP contribution >= 0.6 is 0 Å². The zero-order chi connectivity index (χ0) is 19.9. The molecule has 7 heteroatoms. The number of hydrogen-bond acceptors (Lipinski definition) is 4. The number of urea groups is 1. The van der Waals surface area contributed by atoms with Gasteiger partial charge in [-0.3, -0.25) is 14.9 Å². The molecule has 0 unspecified atom stereocenters. The largest absolute Gasteiger partial charge is 0.374 e. The first kappa shape index (κ1) is 21.5. The van der Waals surface area contributed by atoms with Crippen LogP contribution in [0.5, 0.6) is 0 Å². The highest BCUT2D eigenvalue weighted by Crippen LogP contribution is 2.24. The van der Waals surface area contributed by atoms with Gasteiger partial charge in [0.25, 0.3) is 0 Å². The summed E-state index contributed by atoms with van der Waals surface area (Å²) in [5.41, 5.74) is 1.82. The molecule has 1 rings (SSSR count). The maximum absolute atomic E-state index is 12.2. The summed E-state index contributed by atoms with van der Waals surface area (Å²) >= 11 is 0. The highest BCUT2D eigenvalue weighted by molar-refractivity contribution is 5.98. The Labute approximate surface area is 155 Å². The molecular weight excluding hydrogens is 332 g/mol. The average molecular weight is 362 g/mol. The Morgan fingerprint density at radius 2 is 1.73 bits per heavy atom. The van der Waals surface area contributed by atoms with Gasteiger partial charge in [-0.1, -0.05) is 13.0 Å². The van der Waals surface area contributed by atoms with Gasteiger partial charge >= 0.3 is 6.03 Å². The second-order valence-corrected chi connectivity index (χ2v) is 7.34. The molecule has 0 aliphatic carbocycles. The van der Waals surface area contributed by atoms with E-state index in [-0.39, 0.29) is 5.91 Å². The van der Waals surface area contributed by atoms with Crippen LogP contribution in [0.4, 0.5) is 16.2 Å². The lowest BCUT2D eigenvalue weighted by Crippen LogP contribution is -2.51. The van der Waals surface area contributed by atoms with Crippen LogP contribution in [-0.4, -0.2) is 29.4 Å². The second kappa shape index (κ2) is 9.22. The number of hydrogen-bond donors (Lipinski definition) is 4. The monoisotopic (exact) mass is 362 g/mol. The van der Waals surface area contributed by atoms with Crippen molar-refractivity contribution in [2.24, 2.45) is 0 Å². The van der Waals surface area contributed by atoms with E-state index in [0.29, 0.717) is 12.1 Å². The van der Waals surface area contributed by atoms with Crippen molar-refractivity contribution in [1.29, 1.82) is 0 Å². The molecule has 0 saturated carbocycles. The molecule has 0 fully saturated rings. The SMILES string of the molecule is CCCC(=O)Nc1cccc(N[C@H](C)C(=O)NC(=O)NC(C)(C)C)c1C. The summed E-state index contributed by atoms with van der Waals surface area (Å²) in [6, 6.07) is 4.28. The molecule has 4 N–H and O–H groups in total. The summed E-state index contributed by atoms with van der Waals surface area (Å²) in [4.78, 5) is 35.8. The molecule has 0 radical (unpaired) electrons. The number of nitrogens with one attached hydrogen (secondary N) is 4. The number of carbonyl (C=O) groups excluding carboxylic acids is 3. The zero-order valence-corrected chi connectivity index (χ0v) is 16.4. The fourth-order valence-electron chi connectivity index (χ4n) is 2.26. The summed E-state index contributed by atoms with van der Waals surface area (Å²) in [7, 11) is 0. The van der Waals surface area contributed by atoms with Gasteiger partial charge in [-0.05, 0) is 58.7 Å². The highest BCUT2D eigenvalue weighted by atomic mass is 16.2. The Balaban J connectivity index is 2.74. The lowest BCUT2D eigenvalue weighted by Gasteiger charge is -2.22. The summed E-state index contributed by atoms with van der Waals surface area (Å²) in [6.07, 6.45) is 1.23. The molecule has 0 aliphatic heterocycles. The van der Waals surface area contributed by atoms with E-state index in [1.807, 2.05) is 46.8 Å². The van der Waals surface area contributed by atoms with Gasteiger partial charge in [0.1, 0.15) is 6.04 Å². The van der Waals surface area contributed by atoms with E-state index in [4.69, 9.17) is 0 Å². The smallest absolute Gasteiger partial charge is 0.321 e. The van der Waals surface area contributed by atoms with Crippen LogP contribution in [0.3, 0.4) is 0 Å². The van der Waals surface area contributed by atoms with Crippen LogP contribution in [0.15, 0.2) is 18.2 Å². The van der Waals surface area contributed by atoms with Gasteiger partial charge < -0.3 is 16.0 Å². The van der Waals surface area contributed by atoms with Gasteiger partial charge in [-0.2, -0.15) is 0 Å². The lowest BCUT2D eigenvalue weighted by atomic mass is 10.1. The van der Waals surface area contributed by atoms with Gasteiger partial charge in [0.2, 0.25) is 11.8 Å². The molecule has 0 spiro atoms. The van der Waals surface area contributed by atoms with E-state index in [0.717, 1.165) is 17.7 Å². The predicted octanol–water partition coefficient (Wildman–Crippen LogP) is 3.16. The minimum atomic E-state index is -0.624. The zero-order valence-electron chi connectivity index (χ0n) is 16.4. The average Bonchev–Trinajstić information content (AvgIpc) is 2.49. The molecular formula is C19H30N4O3. The number of carbonyl (C=O) groups is 3. The topological polar surface area (TPSA) is 99.3 Å².